The van der Waals surface area contributed by atoms with Crippen LogP contribution in [0.5, 0.6) is 0 Å². The first kappa shape index (κ1) is 17.0. The van der Waals surface area contributed by atoms with Crippen LogP contribution in [0, 0.1) is 23.2 Å². The van der Waals surface area contributed by atoms with Gasteiger partial charge in [-0.15, -0.1) is 0 Å². The quantitative estimate of drug-likeness (QED) is 0.583. The smallest absolute Gasteiger partial charge is 0.194 e. The van der Waals surface area contributed by atoms with Gasteiger partial charge in [-0.25, -0.2) is 4.98 Å². The summed E-state index contributed by atoms with van der Waals surface area (Å²) in [6.07, 6.45) is 1.55. The molecule has 1 N–H and O–H groups in total. The van der Waals surface area contributed by atoms with Crippen LogP contribution in [-0.2, 0) is 0 Å². The lowest BCUT2D eigenvalue weighted by molar-refractivity contribution is 0.103. The normalized spacial score (nSPS) is 9.50. The summed E-state index contributed by atoms with van der Waals surface area (Å²) in [5.41, 5.74) is 3.31. The van der Waals surface area contributed by atoms with Gasteiger partial charge in [0.2, 0.25) is 0 Å². The number of pyridine rings is 1. The van der Waals surface area contributed by atoms with Gasteiger partial charge in [0.15, 0.2) is 5.78 Å². The fraction of sp³-hybridized carbons (Fsp3) is 0.0455. The molecule has 2 aromatic carbocycles. The van der Waals surface area contributed by atoms with E-state index in [-0.39, 0.29) is 5.78 Å². The van der Waals surface area contributed by atoms with E-state index in [1.165, 1.54) is 0 Å². The number of hydrogen-bond donors (Lipinski definition) is 1. The summed E-state index contributed by atoms with van der Waals surface area (Å²) in [5.74, 6) is 5.89. The molecule has 26 heavy (non-hydrogen) atoms. The molecule has 1 aromatic heterocycles. The molecule has 124 valence electrons. The van der Waals surface area contributed by atoms with Gasteiger partial charge < -0.3 is 5.32 Å². The van der Waals surface area contributed by atoms with Crippen molar-refractivity contribution in [2.75, 3.05) is 11.9 Å². The predicted molar refractivity (Wildman–Crippen MR) is 101 cm³/mol. The summed E-state index contributed by atoms with van der Waals surface area (Å²) in [6, 6.07) is 21.8. The van der Waals surface area contributed by atoms with Gasteiger partial charge in [-0.05, 0) is 42.3 Å². The molecule has 0 saturated carbocycles. The van der Waals surface area contributed by atoms with Gasteiger partial charge in [-0.2, -0.15) is 5.26 Å². The number of nitrogens with zero attached hydrogens (tertiary/aromatic N) is 2. The van der Waals surface area contributed by atoms with Crippen molar-refractivity contribution in [3.8, 4) is 17.9 Å². The number of hydrogen-bond acceptors (Lipinski definition) is 4. The van der Waals surface area contributed by atoms with Gasteiger partial charge in [-0.3, -0.25) is 4.79 Å². The average Bonchev–Trinajstić information content (AvgIpc) is 2.72. The number of carbonyl (C=O) groups is 1. The SMILES string of the molecule is N#Cc1ccc(NCC#Cc2ccc(C(=O)c3ccccc3)cn2)cc1. The Morgan fingerprint density at radius 2 is 1.73 bits per heavy atom. The van der Waals surface area contributed by atoms with Crippen LogP contribution in [0.15, 0.2) is 72.9 Å². The molecule has 1 heterocycles. The molecule has 3 rings (SSSR count). The molecule has 0 aliphatic carbocycles. The van der Waals surface area contributed by atoms with Crippen LogP contribution in [-0.4, -0.2) is 17.3 Å². The fourth-order valence-corrected chi connectivity index (χ4v) is 2.30. The number of nitrogens with one attached hydrogen (secondary N) is 1. The Labute approximate surface area is 152 Å². The van der Waals surface area contributed by atoms with Gasteiger partial charge in [0.05, 0.1) is 18.2 Å². The third kappa shape index (κ3) is 4.35. The van der Waals surface area contributed by atoms with Gasteiger partial charge >= 0.3 is 0 Å². The maximum atomic E-state index is 12.3. The Balaban J connectivity index is 1.58. The molecule has 4 nitrogen and oxygen atoms in total. The van der Waals surface area contributed by atoms with Crippen LogP contribution >= 0.6 is 0 Å². The second-order valence-electron chi connectivity index (χ2n) is 5.47. The molecule has 0 radical (unpaired) electrons. The molecule has 0 spiro atoms. The van der Waals surface area contributed by atoms with Gasteiger partial charge in [0, 0.05) is 23.0 Å². The third-order valence-electron chi connectivity index (χ3n) is 3.67. The number of nitriles is 1. The topological polar surface area (TPSA) is 65.8 Å². The largest absolute Gasteiger partial charge is 0.374 e. The van der Waals surface area contributed by atoms with Crippen LogP contribution in [0.1, 0.15) is 27.2 Å². The lowest BCUT2D eigenvalue weighted by Gasteiger charge is -2.01. The monoisotopic (exact) mass is 337 g/mol. The van der Waals surface area contributed by atoms with Gasteiger partial charge in [0.25, 0.3) is 0 Å². The second-order valence-corrected chi connectivity index (χ2v) is 5.47. The Hall–Kier alpha value is -3.89. The Bertz CT molecular complexity index is 990. The zero-order chi connectivity index (χ0) is 18.2. The number of ketones is 1. The predicted octanol–water partition coefficient (Wildman–Crippen LogP) is 3.65. The number of rotatable bonds is 4. The van der Waals surface area contributed by atoms with Crippen LogP contribution in [0.3, 0.4) is 0 Å². The molecule has 0 bridgehead atoms. The fourth-order valence-electron chi connectivity index (χ4n) is 2.30. The minimum Gasteiger partial charge on any atom is -0.374 e. The first-order valence-corrected chi connectivity index (χ1v) is 8.05. The molecule has 0 fully saturated rings. The van der Waals surface area contributed by atoms with E-state index < -0.39 is 0 Å². The summed E-state index contributed by atoms with van der Waals surface area (Å²) in [5, 5.41) is 11.9. The third-order valence-corrected chi connectivity index (χ3v) is 3.67. The molecule has 0 amide bonds. The summed E-state index contributed by atoms with van der Waals surface area (Å²) in [4.78, 5) is 16.5. The highest BCUT2D eigenvalue weighted by molar-refractivity contribution is 6.08. The van der Waals surface area contributed by atoms with E-state index in [1.807, 2.05) is 30.3 Å². The number of aromatic nitrogens is 1. The summed E-state index contributed by atoms with van der Waals surface area (Å²) < 4.78 is 0. The van der Waals surface area contributed by atoms with E-state index in [2.05, 4.69) is 28.2 Å². The van der Waals surface area contributed by atoms with E-state index in [0.29, 0.717) is 28.9 Å². The van der Waals surface area contributed by atoms with E-state index in [4.69, 9.17) is 5.26 Å². The highest BCUT2D eigenvalue weighted by atomic mass is 16.1. The second kappa shape index (κ2) is 8.28. The van der Waals surface area contributed by atoms with E-state index in [1.54, 1.807) is 42.6 Å². The summed E-state index contributed by atoms with van der Waals surface area (Å²) in [7, 11) is 0. The molecule has 0 atom stereocenters. The first-order chi connectivity index (χ1) is 12.8. The Morgan fingerprint density at radius 1 is 0.962 bits per heavy atom. The van der Waals surface area contributed by atoms with Crippen molar-refractivity contribution in [3.63, 3.8) is 0 Å². The number of benzene rings is 2. The molecular formula is C22H15N3O. The van der Waals surface area contributed by atoms with Gasteiger partial charge in [-0.1, -0.05) is 36.3 Å². The van der Waals surface area contributed by atoms with Crippen LogP contribution in [0.25, 0.3) is 0 Å². The molecule has 0 aliphatic rings. The van der Waals surface area contributed by atoms with E-state index >= 15 is 0 Å². The van der Waals surface area contributed by atoms with Crippen molar-refractivity contribution in [2.45, 2.75) is 0 Å². The Kier molecular flexibility index (Phi) is 5.40. The molecular weight excluding hydrogens is 322 g/mol. The standard InChI is InChI=1S/C22H15N3O/c23-15-17-8-11-21(12-9-17)24-14-4-7-20-13-10-19(16-25-20)22(26)18-5-2-1-3-6-18/h1-3,5-6,8-13,16,24H,14H2. The Morgan fingerprint density at radius 3 is 2.38 bits per heavy atom. The maximum absolute atomic E-state index is 12.3. The lowest BCUT2D eigenvalue weighted by atomic mass is 10.1. The minimum absolute atomic E-state index is 0.0555. The summed E-state index contributed by atoms with van der Waals surface area (Å²) >= 11 is 0. The van der Waals surface area contributed by atoms with Crippen molar-refractivity contribution < 1.29 is 4.79 Å². The molecule has 3 aromatic rings. The molecule has 0 unspecified atom stereocenters. The van der Waals surface area contributed by atoms with Crippen LogP contribution in [0.4, 0.5) is 5.69 Å². The lowest BCUT2D eigenvalue weighted by Crippen LogP contribution is -2.02. The zero-order valence-corrected chi connectivity index (χ0v) is 13.9. The van der Waals surface area contributed by atoms with Crippen LogP contribution in [0.2, 0.25) is 0 Å². The summed E-state index contributed by atoms with van der Waals surface area (Å²) in [6.45, 7) is 0.457. The van der Waals surface area contributed by atoms with Crippen molar-refractivity contribution in [2.24, 2.45) is 0 Å². The van der Waals surface area contributed by atoms with E-state index in [0.717, 1.165) is 5.69 Å². The van der Waals surface area contributed by atoms with Gasteiger partial charge in [0.1, 0.15) is 5.69 Å². The van der Waals surface area contributed by atoms with Crippen molar-refractivity contribution >= 4 is 11.5 Å². The maximum Gasteiger partial charge on any atom is 0.194 e. The van der Waals surface area contributed by atoms with E-state index in [9.17, 15) is 4.79 Å². The van der Waals surface area contributed by atoms with Crippen molar-refractivity contribution in [3.05, 3.63) is 95.3 Å². The first-order valence-electron chi connectivity index (χ1n) is 8.05. The van der Waals surface area contributed by atoms with Crippen molar-refractivity contribution in [1.82, 2.24) is 4.98 Å². The average molecular weight is 337 g/mol. The highest BCUT2D eigenvalue weighted by Crippen LogP contribution is 2.09. The molecule has 4 heteroatoms. The zero-order valence-electron chi connectivity index (χ0n) is 13.9. The molecule has 0 aliphatic heterocycles. The molecule has 0 saturated heterocycles. The van der Waals surface area contributed by atoms with Crippen molar-refractivity contribution in [1.29, 1.82) is 5.26 Å². The number of carbonyl (C=O) groups excluding carboxylic acids is 1. The minimum atomic E-state index is -0.0555. The van der Waals surface area contributed by atoms with Crippen LogP contribution < -0.4 is 5.32 Å². The highest BCUT2D eigenvalue weighted by Gasteiger charge is 2.08. The number of anilines is 1.